The summed E-state index contributed by atoms with van der Waals surface area (Å²) in [6.45, 7) is 6.72. The average Bonchev–Trinajstić information content (AvgIpc) is 2.75. The van der Waals surface area contributed by atoms with Crippen LogP contribution in [0.5, 0.6) is 0 Å². The highest BCUT2D eigenvalue weighted by atomic mass is 16.5. The van der Waals surface area contributed by atoms with Gasteiger partial charge in [0.25, 0.3) is 0 Å². The first-order chi connectivity index (χ1) is 14.9. The molecule has 1 aliphatic rings. The summed E-state index contributed by atoms with van der Waals surface area (Å²) in [7, 11) is 0. The molecule has 0 unspecified atom stereocenters. The largest absolute Gasteiger partial charge is 0.462 e. The maximum atomic E-state index is 12.6. The van der Waals surface area contributed by atoms with Crippen molar-refractivity contribution in [1.29, 1.82) is 0 Å². The van der Waals surface area contributed by atoms with Gasteiger partial charge in [-0.3, -0.25) is 9.59 Å². The van der Waals surface area contributed by atoms with E-state index in [1.807, 2.05) is 24.3 Å². The van der Waals surface area contributed by atoms with Gasteiger partial charge in [0, 0.05) is 12.3 Å². The van der Waals surface area contributed by atoms with Crippen LogP contribution in [0.4, 0.5) is 0 Å². The van der Waals surface area contributed by atoms with Crippen molar-refractivity contribution in [3.8, 4) is 0 Å². The van der Waals surface area contributed by atoms with Crippen molar-refractivity contribution in [3.05, 3.63) is 71.8 Å². The van der Waals surface area contributed by atoms with Crippen molar-refractivity contribution in [1.82, 2.24) is 0 Å². The van der Waals surface area contributed by atoms with E-state index in [1.165, 1.54) is 11.1 Å². The van der Waals surface area contributed by atoms with E-state index in [-0.39, 0.29) is 35.6 Å². The maximum absolute atomic E-state index is 12.6. The first-order valence-electron chi connectivity index (χ1n) is 11.7. The number of esters is 1. The zero-order chi connectivity index (χ0) is 22.3. The van der Waals surface area contributed by atoms with Gasteiger partial charge in [-0.2, -0.15) is 0 Å². The molecular formula is C28H36O3. The topological polar surface area (TPSA) is 43.4 Å². The fraction of sp³-hybridized carbons (Fsp3) is 0.500. The second kappa shape index (κ2) is 10.7. The summed E-state index contributed by atoms with van der Waals surface area (Å²) >= 11 is 0. The molecule has 0 heterocycles. The smallest absolute Gasteiger partial charge is 0.313 e. The number of ketones is 1. The monoisotopic (exact) mass is 420 g/mol. The van der Waals surface area contributed by atoms with Crippen molar-refractivity contribution in [3.63, 3.8) is 0 Å². The molecule has 2 aromatic rings. The summed E-state index contributed by atoms with van der Waals surface area (Å²) in [5, 5.41) is 0. The fourth-order valence-corrected chi connectivity index (χ4v) is 4.96. The number of hydrogen-bond acceptors (Lipinski definition) is 3. The van der Waals surface area contributed by atoms with Crippen molar-refractivity contribution in [2.75, 3.05) is 0 Å². The summed E-state index contributed by atoms with van der Waals surface area (Å²) in [5.74, 6) is 0.395. The molecule has 1 fully saturated rings. The van der Waals surface area contributed by atoms with Gasteiger partial charge in [-0.25, -0.2) is 0 Å². The van der Waals surface area contributed by atoms with Gasteiger partial charge in [-0.05, 0) is 48.1 Å². The predicted molar refractivity (Wildman–Crippen MR) is 125 cm³/mol. The highest BCUT2D eigenvalue weighted by Gasteiger charge is 2.42. The van der Waals surface area contributed by atoms with Gasteiger partial charge in [0.2, 0.25) is 0 Å². The van der Waals surface area contributed by atoms with E-state index in [9.17, 15) is 9.59 Å². The molecule has 166 valence electrons. The molecule has 3 atom stereocenters. The molecule has 0 aromatic heterocycles. The predicted octanol–water partition coefficient (Wildman–Crippen LogP) is 6.29. The van der Waals surface area contributed by atoms with Crippen molar-refractivity contribution >= 4 is 11.8 Å². The van der Waals surface area contributed by atoms with E-state index in [0.29, 0.717) is 12.3 Å². The Morgan fingerprint density at radius 2 is 1.61 bits per heavy atom. The molecule has 0 aliphatic heterocycles. The van der Waals surface area contributed by atoms with Crippen LogP contribution in [0.15, 0.2) is 60.7 Å². The van der Waals surface area contributed by atoms with Gasteiger partial charge in [-0.15, -0.1) is 0 Å². The minimum atomic E-state index is -0.363. The number of hydrogen-bond donors (Lipinski definition) is 0. The van der Waals surface area contributed by atoms with Gasteiger partial charge >= 0.3 is 5.97 Å². The van der Waals surface area contributed by atoms with Crippen molar-refractivity contribution in [2.24, 2.45) is 11.8 Å². The van der Waals surface area contributed by atoms with Crippen LogP contribution in [0.1, 0.15) is 70.4 Å². The lowest BCUT2D eigenvalue weighted by Gasteiger charge is -2.44. The van der Waals surface area contributed by atoms with Gasteiger partial charge in [0.05, 0.1) is 0 Å². The summed E-state index contributed by atoms with van der Waals surface area (Å²) in [6, 6.07) is 20.6. The van der Waals surface area contributed by atoms with Crippen LogP contribution >= 0.6 is 0 Å². The Balaban J connectivity index is 1.55. The van der Waals surface area contributed by atoms with Gasteiger partial charge < -0.3 is 4.74 Å². The Bertz CT molecular complexity index is 841. The zero-order valence-corrected chi connectivity index (χ0v) is 19.2. The number of rotatable bonds is 9. The number of benzene rings is 2. The number of Topliss-reactive ketones (excluding diaryl/α,β-unsaturated/α-hetero) is 1. The van der Waals surface area contributed by atoms with Crippen LogP contribution < -0.4 is 0 Å². The molecular weight excluding hydrogens is 384 g/mol. The van der Waals surface area contributed by atoms with Crippen LogP contribution in [0.3, 0.4) is 0 Å². The molecule has 0 bridgehead atoms. The summed E-state index contributed by atoms with van der Waals surface area (Å²) in [6.07, 6.45) is 4.84. The van der Waals surface area contributed by atoms with Crippen LogP contribution in [-0.4, -0.2) is 17.9 Å². The number of carbonyl (C=O) groups is 2. The Morgan fingerprint density at radius 1 is 0.968 bits per heavy atom. The third kappa shape index (κ3) is 6.53. The summed E-state index contributed by atoms with van der Waals surface area (Å²) < 4.78 is 5.96. The third-order valence-corrected chi connectivity index (χ3v) is 6.89. The lowest BCUT2D eigenvalue weighted by molar-refractivity contribution is -0.157. The van der Waals surface area contributed by atoms with E-state index in [4.69, 9.17) is 4.74 Å². The first-order valence-corrected chi connectivity index (χ1v) is 11.7. The molecule has 0 spiro atoms. The standard InChI is InChI=1S/C28H36O3/c1-21-17-18-25(28(2,3)23-14-8-5-9-15-23)26(19-21)31-27(30)20-24(29)16-10-13-22-11-6-4-7-12-22/h4-9,11-12,14-15,21,25-26H,10,13,16-20H2,1-3H3/t21-,25-,26-/m1/s1. The zero-order valence-electron chi connectivity index (χ0n) is 19.2. The second-order valence-electron chi connectivity index (χ2n) is 9.70. The minimum Gasteiger partial charge on any atom is -0.462 e. The molecule has 31 heavy (non-hydrogen) atoms. The fourth-order valence-electron chi connectivity index (χ4n) is 4.96. The molecule has 3 heteroatoms. The van der Waals surface area contributed by atoms with Crippen molar-refractivity contribution < 1.29 is 14.3 Å². The Labute approximate surface area is 187 Å². The molecule has 0 N–H and O–H groups in total. The number of aryl methyl sites for hydroxylation is 1. The van der Waals surface area contributed by atoms with Crippen LogP contribution in [-0.2, 0) is 26.2 Å². The molecule has 1 aliphatic carbocycles. The van der Waals surface area contributed by atoms with Gasteiger partial charge in [0.1, 0.15) is 18.3 Å². The van der Waals surface area contributed by atoms with Crippen LogP contribution in [0.25, 0.3) is 0 Å². The average molecular weight is 421 g/mol. The molecule has 3 rings (SSSR count). The summed E-state index contributed by atoms with van der Waals surface area (Å²) in [5.41, 5.74) is 2.40. The van der Waals surface area contributed by atoms with Crippen molar-refractivity contribution in [2.45, 2.75) is 77.2 Å². The second-order valence-corrected chi connectivity index (χ2v) is 9.70. The van der Waals surface area contributed by atoms with Crippen LogP contribution in [0.2, 0.25) is 0 Å². The lowest BCUT2D eigenvalue weighted by atomic mass is 9.64. The van der Waals surface area contributed by atoms with Crippen LogP contribution in [0, 0.1) is 11.8 Å². The Kier molecular flexibility index (Phi) is 8.06. The first kappa shape index (κ1) is 23.2. The van der Waals surface area contributed by atoms with Gasteiger partial charge in [0.15, 0.2) is 0 Å². The maximum Gasteiger partial charge on any atom is 0.313 e. The normalized spacial score (nSPS) is 21.5. The lowest BCUT2D eigenvalue weighted by Crippen LogP contribution is -2.43. The summed E-state index contributed by atoms with van der Waals surface area (Å²) in [4.78, 5) is 25.0. The third-order valence-electron chi connectivity index (χ3n) is 6.89. The molecule has 0 saturated heterocycles. The molecule has 3 nitrogen and oxygen atoms in total. The van der Waals surface area contributed by atoms with Gasteiger partial charge in [-0.1, -0.05) is 87.9 Å². The molecule has 0 radical (unpaired) electrons. The number of ether oxygens (including phenoxy) is 1. The Morgan fingerprint density at radius 3 is 2.29 bits per heavy atom. The highest BCUT2D eigenvalue weighted by Crippen LogP contribution is 2.43. The molecule has 0 amide bonds. The van der Waals surface area contributed by atoms with E-state index < -0.39 is 0 Å². The van der Waals surface area contributed by atoms with E-state index in [0.717, 1.165) is 32.1 Å². The highest BCUT2D eigenvalue weighted by molar-refractivity contribution is 5.95. The van der Waals surface area contributed by atoms with E-state index in [1.54, 1.807) is 0 Å². The van der Waals surface area contributed by atoms with E-state index in [2.05, 4.69) is 57.2 Å². The number of carbonyl (C=O) groups excluding carboxylic acids is 2. The quantitative estimate of drug-likeness (QED) is 0.353. The minimum absolute atomic E-state index is 0.0244. The van der Waals surface area contributed by atoms with E-state index >= 15 is 0 Å². The molecule has 2 aromatic carbocycles. The Hall–Kier alpha value is -2.42. The SMILES string of the molecule is C[C@@H]1CC[C@@H](C(C)(C)c2ccccc2)[C@H](OC(=O)CC(=O)CCCc2ccccc2)C1. The molecule has 1 saturated carbocycles.